The molecule has 3 rings (SSSR count). The number of benzene rings is 2. The van der Waals surface area contributed by atoms with Crippen LogP contribution in [0.5, 0.6) is 0 Å². The van der Waals surface area contributed by atoms with E-state index in [-0.39, 0.29) is 6.10 Å². The molecule has 1 heterocycles. The minimum absolute atomic E-state index is 0.246. The first-order chi connectivity index (χ1) is 12.5. The summed E-state index contributed by atoms with van der Waals surface area (Å²) >= 11 is 25.9. The van der Waals surface area contributed by atoms with Gasteiger partial charge in [-0.2, -0.15) is 0 Å². The Labute approximate surface area is 176 Å². The second-order valence-corrected chi connectivity index (χ2v) is 8.07. The van der Waals surface area contributed by atoms with Gasteiger partial charge < -0.3 is 9.30 Å². The van der Waals surface area contributed by atoms with Gasteiger partial charge in [-0.3, -0.25) is 0 Å². The summed E-state index contributed by atoms with van der Waals surface area (Å²) in [5, 5.41) is 2.21. The molecule has 136 valence electrons. The molecule has 1 aromatic heterocycles. The highest BCUT2D eigenvalue weighted by Gasteiger charge is 2.17. The number of hydrogen-bond donors (Lipinski definition) is 0. The Bertz CT molecular complexity index is 874. The number of ether oxygens (including phenoxy) is 1. The molecule has 2 aromatic carbocycles. The first-order valence-corrected chi connectivity index (χ1v) is 10.1. The fraction of sp³-hybridized carbons (Fsp3) is 0.167. The number of imidazole rings is 1. The molecule has 3 aromatic rings. The molecule has 0 amide bonds. The highest BCUT2D eigenvalue weighted by atomic mass is 35.5. The molecule has 1 atom stereocenters. The van der Waals surface area contributed by atoms with E-state index in [4.69, 9.17) is 51.1 Å². The van der Waals surface area contributed by atoms with E-state index in [0.29, 0.717) is 32.6 Å². The van der Waals surface area contributed by atoms with E-state index in [9.17, 15) is 0 Å². The molecular weight excluding hydrogens is 434 g/mol. The molecular formula is C18H14Cl4N2OS. The van der Waals surface area contributed by atoms with Gasteiger partial charge in [0.05, 0.1) is 28.9 Å². The minimum atomic E-state index is -0.246. The smallest absolute Gasteiger partial charge is 0.103 e. The van der Waals surface area contributed by atoms with Crippen molar-refractivity contribution in [2.24, 2.45) is 0 Å². The largest absolute Gasteiger partial charge is 0.361 e. The molecule has 0 bridgehead atoms. The van der Waals surface area contributed by atoms with Crippen molar-refractivity contribution in [3.05, 3.63) is 80.8 Å². The lowest BCUT2D eigenvalue weighted by Gasteiger charge is -2.20. The van der Waals surface area contributed by atoms with Gasteiger partial charge in [-0.15, -0.1) is 0 Å². The molecule has 0 aliphatic carbocycles. The maximum absolute atomic E-state index is 6.37. The summed E-state index contributed by atoms with van der Waals surface area (Å²) < 4.78 is 8.05. The highest BCUT2D eigenvalue weighted by molar-refractivity contribution is 7.99. The third-order valence-corrected chi connectivity index (χ3v) is 5.77. The average Bonchev–Trinajstić information content (AvgIpc) is 3.10. The zero-order valence-electron chi connectivity index (χ0n) is 13.4. The van der Waals surface area contributed by atoms with Crippen LogP contribution in [0.1, 0.15) is 11.7 Å². The molecule has 26 heavy (non-hydrogen) atoms. The van der Waals surface area contributed by atoms with E-state index in [1.54, 1.807) is 30.7 Å². The quantitative estimate of drug-likeness (QED) is 0.288. The summed E-state index contributed by atoms with van der Waals surface area (Å²) in [6, 6.07) is 10.9. The summed E-state index contributed by atoms with van der Waals surface area (Å²) in [6.45, 7) is 0.587. The Morgan fingerprint density at radius 2 is 1.85 bits per heavy atom. The van der Waals surface area contributed by atoms with Crippen LogP contribution in [0.15, 0.2) is 60.0 Å². The SMILES string of the molecule is Clc1ccc([C@H](Cn2ccnc2)OCSc2ccc(Cl)c(Cl)c2)c(Cl)c1. The molecule has 0 N–H and O–H groups in total. The maximum Gasteiger partial charge on any atom is 0.103 e. The molecule has 0 unspecified atom stereocenters. The number of thioether (sulfide) groups is 1. The molecule has 0 saturated heterocycles. The number of rotatable bonds is 7. The van der Waals surface area contributed by atoms with Crippen LogP contribution in [-0.2, 0) is 11.3 Å². The van der Waals surface area contributed by atoms with E-state index in [0.717, 1.165) is 10.5 Å². The normalized spacial score (nSPS) is 12.3. The van der Waals surface area contributed by atoms with Crippen LogP contribution < -0.4 is 0 Å². The summed E-state index contributed by atoms with van der Waals surface area (Å²) in [6.07, 6.45) is 5.10. The molecule has 0 fully saturated rings. The van der Waals surface area contributed by atoms with Gasteiger partial charge in [-0.25, -0.2) is 4.98 Å². The van der Waals surface area contributed by atoms with Crippen LogP contribution in [0.25, 0.3) is 0 Å². The van der Waals surface area contributed by atoms with Gasteiger partial charge in [0, 0.05) is 32.9 Å². The standard InChI is InChI=1S/C18H14Cl4N2OS/c19-12-1-3-14(16(21)7-12)18(9-24-6-5-23-10-24)25-11-26-13-2-4-15(20)17(22)8-13/h1-8,10,18H,9,11H2/t18-/m0/s1. The zero-order chi connectivity index (χ0) is 18.5. The second-order valence-electron chi connectivity index (χ2n) is 5.42. The predicted molar refractivity (Wildman–Crippen MR) is 110 cm³/mol. The minimum Gasteiger partial charge on any atom is -0.361 e. The van der Waals surface area contributed by atoms with Crippen LogP contribution in [0, 0.1) is 0 Å². The van der Waals surface area contributed by atoms with Gasteiger partial charge in [0.1, 0.15) is 6.10 Å². The third-order valence-electron chi connectivity index (χ3n) is 3.63. The summed E-state index contributed by atoms with van der Waals surface area (Å²) in [5.41, 5.74) is 0.875. The van der Waals surface area contributed by atoms with Gasteiger partial charge in [-0.05, 0) is 30.3 Å². The molecule has 8 heteroatoms. The number of aromatic nitrogens is 2. The van der Waals surface area contributed by atoms with Crippen molar-refractivity contribution in [1.82, 2.24) is 9.55 Å². The van der Waals surface area contributed by atoms with E-state index in [2.05, 4.69) is 4.98 Å². The molecule has 0 radical (unpaired) electrons. The van der Waals surface area contributed by atoms with Gasteiger partial charge in [0.2, 0.25) is 0 Å². The average molecular weight is 448 g/mol. The summed E-state index contributed by atoms with van der Waals surface area (Å²) in [7, 11) is 0. The van der Waals surface area contributed by atoms with E-state index < -0.39 is 0 Å². The van der Waals surface area contributed by atoms with Crippen molar-refractivity contribution in [3.8, 4) is 0 Å². The highest BCUT2D eigenvalue weighted by Crippen LogP contribution is 2.32. The lowest BCUT2D eigenvalue weighted by molar-refractivity contribution is 0.0759. The van der Waals surface area contributed by atoms with E-state index >= 15 is 0 Å². The predicted octanol–water partition coefficient (Wildman–Crippen LogP) is 7.00. The Morgan fingerprint density at radius 3 is 2.54 bits per heavy atom. The monoisotopic (exact) mass is 446 g/mol. The van der Waals surface area contributed by atoms with Gasteiger partial charge in [-0.1, -0.05) is 64.2 Å². The Hall–Kier alpha value is -0.880. The van der Waals surface area contributed by atoms with Crippen LogP contribution >= 0.6 is 58.2 Å². The Balaban J connectivity index is 1.71. The molecule has 0 spiro atoms. The van der Waals surface area contributed by atoms with Gasteiger partial charge >= 0.3 is 0 Å². The molecule has 3 nitrogen and oxygen atoms in total. The third kappa shape index (κ3) is 5.32. The van der Waals surface area contributed by atoms with Crippen molar-refractivity contribution >= 4 is 58.2 Å². The topological polar surface area (TPSA) is 27.1 Å². The summed E-state index contributed by atoms with van der Waals surface area (Å²) in [5.74, 6) is 0.427. The zero-order valence-corrected chi connectivity index (χ0v) is 17.3. The van der Waals surface area contributed by atoms with Crippen molar-refractivity contribution in [3.63, 3.8) is 0 Å². The molecule has 0 aliphatic rings. The number of hydrogen-bond acceptors (Lipinski definition) is 3. The first-order valence-electron chi connectivity index (χ1n) is 7.63. The number of halogens is 4. The van der Waals surface area contributed by atoms with Gasteiger partial charge in [0.25, 0.3) is 0 Å². The van der Waals surface area contributed by atoms with Gasteiger partial charge in [0.15, 0.2) is 0 Å². The lowest BCUT2D eigenvalue weighted by Crippen LogP contribution is -2.12. The maximum atomic E-state index is 6.37. The van der Waals surface area contributed by atoms with Crippen LogP contribution in [0.4, 0.5) is 0 Å². The fourth-order valence-electron chi connectivity index (χ4n) is 2.34. The summed E-state index contributed by atoms with van der Waals surface area (Å²) in [4.78, 5) is 5.05. The Kier molecular flexibility index (Phi) is 7.15. The fourth-order valence-corrected chi connectivity index (χ4v) is 3.97. The Morgan fingerprint density at radius 1 is 1.00 bits per heavy atom. The lowest BCUT2D eigenvalue weighted by atomic mass is 10.1. The van der Waals surface area contributed by atoms with Crippen LogP contribution in [0.2, 0.25) is 20.1 Å². The van der Waals surface area contributed by atoms with Crippen molar-refractivity contribution in [2.45, 2.75) is 17.5 Å². The van der Waals surface area contributed by atoms with Crippen molar-refractivity contribution in [2.75, 3.05) is 5.94 Å². The van der Waals surface area contributed by atoms with E-state index in [1.165, 1.54) is 11.8 Å². The van der Waals surface area contributed by atoms with Crippen molar-refractivity contribution < 1.29 is 4.74 Å². The molecule has 0 saturated carbocycles. The van der Waals surface area contributed by atoms with Crippen LogP contribution in [-0.4, -0.2) is 15.5 Å². The number of nitrogens with zero attached hydrogens (tertiary/aromatic N) is 2. The van der Waals surface area contributed by atoms with Crippen molar-refractivity contribution in [1.29, 1.82) is 0 Å². The second kappa shape index (κ2) is 9.36. The first kappa shape index (κ1) is 19.9. The molecule has 0 aliphatic heterocycles. The van der Waals surface area contributed by atoms with Crippen LogP contribution in [0.3, 0.4) is 0 Å². The van der Waals surface area contributed by atoms with E-state index in [1.807, 2.05) is 29.0 Å².